The van der Waals surface area contributed by atoms with Crippen molar-refractivity contribution in [1.82, 2.24) is 5.32 Å². The molecule has 1 aromatic carbocycles. The molecule has 0 saturated heterocycles. The van der Waals surface area contributed by atoms with Crippen LogP contribution >= 0.6 is 24.0 Å². The number of nitrogens with two attached hydrogens (primary N) is 1. The molecule has 5 nitrogen and oxygen atoms in total. The van der Waals surface area contributed by atoms with Crippen molar-refractivity contribution in [3.05, 3.63) is 29.8 Å². The largest absolute Gasteiger partial charge is 0.370 e. The van der Waals surface area contributed by atoms with E-state index < -0.39 is 0 Å². The first-order valence-corrected chi connectivity index (χ1v) is 8.58. The third-order valence-corrected chi connectivity index (χ3v) is 3.48. The van der Waals surface area contributed by atoms with Gasteiger partial charge >= 0.3 is 0 Å². The highest BCUT2D eigenvalue weighted by Crippen LogP contribution is 2.11. The molecule has 4 N–H and O–H groups in total. The summed E-state index contributed by atoms with van der Waals surface area (Å²) in [6.45, 7) is 5.60. The Balaban J connectivity index is 0.00000529. The number of nitrogens with one attached hydrogen (secondary N) is 2. The number of carbonyl (C=O) groups excluding carboxylic acids is 1. The second kappa shape index (κ2) is 14.1. The van der Waals surface area contributed by atoms with Gasteiger partial charge in [-0.15, -0.1) is 24.0 Å². The normalized spacial score (nSPS) is 10.8. The van der Waals surface area contributed by atoms with E-state index in [0.717, 1.165) is 30.6 Å². The molecule has 136 valence electrons. The fourth-order valence-corrected chi connectivity index (χ4v) is 2.14. The zero-order valence-corrected chi connectivity index (χ0v) is 17.1. The highest BCUT2D eigenvalue weighted by atomic mass is 127. The third kappa shape index (κ3) is 10.5. The van der Waals surface area contributed by atoms with Crippen molar-refractivity contribution in [3.63, 3.8) is 0 Å². The van der Waals surface area contributed by atoms with E-state index in [1.807, 2.05) is 31.2 Å². The van der Waals surface area contributed by atoms with Gasteiger partial charge in [0.05, 0.1) is 6.54 Å². The van der Waals surface area contributed by atoms with E-state index in [9.17, 15) is 4.79 Å². The molecule has 1 amide bonds. The highest BCUT2D eigenvalue weighted by Gasteiger charge is 2.00. The van der Waals surface area contributed by atoms with Crippen LogP contribution in [0.15, 0.2) is 29.3 Å². The molecule has 0 aliphatic rings. The molecule has 0 aliphatic heterocycles. The van der Waals surface area contributed by atoms with Crippen LogP contribution in [0.4, 0.5) is 5.69 Å². The molecule has 0 fully saturated rings. The van der Waals surface area contributed by atoms with Gasteiger partial charge in [-0.1, -0.05) is 45.2 Å². The predicted octanol–water partition coefficient (Wildman–Crippen LogP) is 4.03. The van der Waals surface area contributed by atoms with Gasteiger partial charge in [-0.05, 0) is 30.5 Å². The van der Waals surface area contributed by atoms with Gasteiger partial charge < -0.3 is 16.4 Å². The molecule has 6 heteroatoms. The Bertz CT molecular complexity index is 488. The molecule has 0 saturated carbocycles. The summed E-state index contributed by atoms with van der Waals surface area (Å²) in [4.78, 5) is 15.8. The van der Waals surface area contributed by atoms with Gasteiger partial charge in [-0.25, -0.2) is 4.99 Å². The Morgan fingerprint density at radius 3 is 2.42 bits per heavy atom. The highest BCUT2D eigenvalue weighted by molar-refractivity contribution is 14.0. The number of hydrogen-bond donors (Lipinski definition) is 3. The molecular formula is C18H31IN4O. The van der Waals surface area contributed by atoms with Crippen molar-refractivity contribution >= 4 is 41.5 Å². The lowest BCUT2D eigenvalue weighted by atomic mass is 10.2. The Kier molecular flexibility index (Phi) is 13.3. The minimum atomic E-state index is 0. The van der Waals surface area contributed by atoms with Crippen molar-refractivity contribution < 1.29 is 4.79 Å². The fourth-order valence-electron chi connectivity index (χ4n) is 2.14. The number of aliphatic imine (C=N–C) groups is 1. The third-order valence-electron chi connectivity index (χ3n) is 3.48. The number of carbonyl (C=O) groups is 1. The van der Waals surface area contributed by atoms with Gasteiger partial charge in [0.15, 0.2) is 5.96 Å². The summed E-state index contributed by atoms with van der Waals surface area (Å²) in [5.74, 6) is 0.539. The zero-order chi connectivity index (χ0) is 16.9. The summed E-state index contributed by atoms with van der Waals surface area (Å²) in [6, 6.07) is 7.71. The van der Waals surface area contributed by atoms with Crippen LogP contribution in [-0.2, 0) is 11.3 Å². The Hall–Kier alpha value is -1.31. The number of anilines is 1. The SMILES string of the molecule is CCCCCCNC(N)=NCc1ccc(NC(=O)CCC)cc1.I. The van der Waals surface area contributed by atoms with E-state index in [4.69, 9.17) is 5.73 Å². The van der Waals surface area contributed by atoms with E-state index in [0.29, 0.717) is 18.9 Å². The molecule has 0 bridgehead atoms. The lowest BCUT2D eigenvalue weighted by molar-refractivity contribution is -0.116. The zero-order valence-electron chi connectivity index (χ0n) is 14.8. The molecule has 0 aliphatic carbocycles. The summed E-state index contributed by atoms with van der Waals surface area (Å²) < 4.78 is 0. The van der Waals surface area contributed by atoms with Gasteiger partial charge in [0, 0.05) is 18.7 Å². The van der Waals surface area contributed by atoms with Gasteiger partial charge in [-0.3, -0.25) is 4.79 Å². The Morgan fingerprint density at radius 2 is 1.79 bits per heavy atom. The minimum Gasteiger partial charge on any atom is -0.370 e. The molecule has 0 spiro atoms. The number of nitrogens with zero attached hydrogens (tertiary/aromatic N) is 1. The second-order valence-electron chi connectivity index (χ2n) is 5.68. The van der Waals surface area contributed by atoms with Crippen molar-refractivity contribution in [2.75, 3.05) is 11.9 Å². The fraction of sp³-hybridized carbons (Fsp3) is 0.556. The maximum absolute atomic E-state index is 11.5. The monoisotopic (exact) mass is 446 g/mol. The van der Waals surface area contributed by atoms with Crippen molar-refractivity contribution in [3.8, 4) is 0 Å². The molecule has 1 rings (SSSR count). The van der Waals surface area contributed by atoms with Crippen LogP contribution in [0.5, 0.6) is 0 Å². The quantitative estimate of drug-likeness (QED) is 0.220. The van der Waals surface area contributed by atoms with Gasteiger partial charge in [0.1, 0.15) is 0 Å². The van der Waals surface area contributed by atoms with Crippen LogP contribution in [0.1, 0.15) is 57.9 Å². The van der Waals surface area contributed by atoms with Gasteiger partial charge in [0.25, 0.3) is 0 Å². The first-order chi connectivity index (χ1) is 11.2. The number of benzene rings is 1. The van der Waals surface area contributed by atoms with Gasteiger partial charge in [0.2, 0.25) is 5.91 Å². The number of halogens is 1. The maximum atomic E-state index is 11.5. The molecule has 0 aromatic heterocycles. The number of hydrogen-bond acceptors (Lipinski definition) is 2. The van der Waals surface area contributed by atoms with Crippen molar-refractivity contribution in [1.29, 1.82) is 0 Å². The molecule has 0 radical (unpaired) electrons. The van der Waals surface area contributed by atoms with Crippen LogP contribution in [0.25, 0.3) is 0 Å². The van der Waals surface area contributed by atoms with Crippen LogP contribution in [0.3, 0.4) is 0 Å². The summed E-state index contributed by atoms with van der Waals surface area (Å²) in [5, 5.41) is 6.00. The molecule has 0 atom stereocenters. The second-order valence-corrected chi connectivity index (χ2v) is 5.68. The standard InChI is InChI=1S/C18H30N4O.HI/c1-3-5-6-7-13-20-18(19)21-14-15-9-11-16(12-10-15)22-17(23)8-4-2;/h9-12H,3-8,13-14H2,1-2H3,(H,22,23)(H3,19,20,21);1H. The minimum absolute atomic E-state index is 0. The number of unbranched alkanes of at least 4 members (excludes halogenated alkanes) is 3. The van der Waals surface area contributed by atoms with E-state index in [2.05, 4.69) is 22.5 Å². The maximum Gasteiger partial charge on any atom is 0.224 e. The summed E-state index contributed by atoms with van der Waals surface area (Å²) in [6.07, 6.45) is 6.24. The van der Waals surface area contributed by atoms with Crippen LogP contribution in [-0.4, -0.2) is 18.4 Å². The molecular weight excluding hydrogens is 415 g/mol. The lowest BCUT2D eigenvalue weighted by Gasteiger charge is -2.07. The number of guanidine groups is 1. The summed E-state index contributed by atoms with van der Waals surface area (Å²) in [5.41, 5.74) is 7.73. The lowest BCUT2D eigenvalue weighted by Crippen LogP contribution is -2.32. The first-order valence-electron chi connectivity index (χ1n) is 8.58. The van der Waals surface area contributed by atoms with E-state index in [1.165, 1.54) is 19.3 Å². The first kappa shape index (κ1) is 22.7. The summed E-state index contributed by atoms with van der Waals surface area (Å²) >= 11 is 0. The van der Waals surface area contributed by atoms with Crippen LogP contribution in [0, 0.1) is 0 Å². The number of amides is 1. The topological polar surface area (TPSA) is 79.5 Å². The molecule has 0 unspecified atom stereocenters. The van der Waals surface area contributed by atoms with Crippen molar-refractivity contribution in [2.45, 2.75) is 58.9 Å². The van der Waals surface area contributed by atoms with E-state index in [-0.39, 0.29) is 29.9 Å². The Labute approximate surface area is 162 Å². The van der Waals surface area contributed by atoms with Crippen LogP contribution < -0.4 is 16.4 Å². The molecule has 24 heavy (non-hydrogen) atoms. The van der Waals surface area contributed by atoms with Gasteiger partial charge in [-0.2, -0.15) is 0 Å². The van der Waals surface area contributed by atoms with Crippen molar-refractivity contribution in [2.24, 2.45) is 10.7 Å². The Morgan fingerprint density at radius 1 is 1.08 bits per heavy atom. The summed E-state index contributed by atoms with van der Waals surface area (Å²) in [7, 11) is 0. The van der Waals surface area contributed by atoms with E-state index in [1.54, 1.807) is 0 Å². The van der Waals surface area contributed by atoms with Crippen LogP contribution in [0.2, 0.25) is 0 Å². The average molecular weight is 446 g/mol. The van der Waals surface area contributed by atoms with E-state index >= 15 is 0 Å². The molecule has 0 heterocycles. The number of rotatable bonds is 10. The average Bonchev–Trinajstić information content (AvgIpc) is 2.54. The smallest absolute Gasteiger partial charge is 0.224 e. The molecule has 1 aromatic rings. The predicted molar refractivity (Wildman–Crippen MR) is 113 cm³/mol.